The lowest BCUT2D eigenvalue weighted by molar-refractivity contribution is 0.0943. The summed E-state index contributed by atoms with van der Waals surface area (Å²) in [6, 6.07) is 14.2. The highest BCUT2D eigenvalue weighted by atomic mass is 16.5. The molecule has 0 radical (unpaired) electrons. The fraction of sp³-hybridized carbons (Fsp3) is 0.481. The molecule has 4 rings (SSSR count). The van der Waals surface area contributed by atoms with Crippen molar-refractivity contribution in [3.8, 4) is 5.75 Å². The molecule has 5 nitrogen and oxygen atoms in total. The molecule has 1 heterocycles. The molecule has 2 aromatic carbocycles. The maximum atomic E-state index is 12.5. The minimum atomic E-state index is -0.0532. The normalized spacial score (nSPS) is 16.5. The highest BCUT2D eigenvalue weighted by Gasteiger charge is 2.26. The van der Waals surface area contributed by atoms with Gasteiger partial charge in [0.25, 0.3) is 5.91 Å². The number of amides is 1. The summed E-state index contributed by atoms with van der Waals surface area (Å²) in [7, 11) is 0. The molecule has 1 aliphatic heterocycles. The zero-order valence-electron chi connectivity index (χ0n) is 19.6. The van der Waals surface area contributed by atoms with Gasteiger partial charge in [-0.1, -0.05) is 37.5 Å². The van der Waals surface area contributed by atoms with Gasteiger partial charge in [0.05, 0.1) is 12.3 Å². The molecule has 0 saturated heterocycles. The molecule has 1 saturated carbocycles. The molecule has 0 bridgehead atoms. The Hall–Kier alpha value is -2.82. The van der Waals surface area contributed by atoms with Crippen LogP contribution in [0.4, 0.5) is 5.69 Å². The van der Waals surface area contributed by atoms with Crippen LogP contribution in [-0.2, 0) is 6.54 Å². The molecule has 1 aliphatic carbocycles. The molecular weight excluding hydrogens is 398 g/mol. The predicted octanol–water partition coefficient (Wildman–Crippen LogP) is 5.70. The summed E-state index contributed by atoms with van der Waals surface area (Å²) >= 11 is 0. The van der Waals surface area contributed by atoms with Crippen LogP contribution < -0.4 is 10.1 Å². The van der Waals surface area contributed by atoms with E-state index in [0.29, 0.717) is 18.1 Å². The first-order valence-electron chi connectivity index (χ1n) is 12.0. The maximum absolute atomic E-state index is 12.5. The molecular formula is C27H35N3O2. The van der Waals surface area contributed by atoms with E-state index in [1.165, 1.54) is 37.7 Å². The zero-order valence-corrected chi connectivity index (χ0v) is 19.6. The summed E-state index contributed by atoms with van der Waals surface area (Å²) in [5, 5.41) is 2.98. The Morgan fingerprint density at radius 2 is 1.97 bits per heavy atom. The van der Waals surface area contributed by atoms with Crippen LogP contribution in [0.2, 0.25) is 0 Å². The van der Waals surface area contributed by atoms with Gasteiger partial charge in [0.2, 0.25) is 0 Å². The summed E-state index contributed by atoms with van der Waals surface area (Å²) in [6.45, 7) is 8.42. The van der Waals surface area contributed by atoms with Gasteiger partial charge in [-0.2, -0.15) is 0 Å². The molecule has 1 N–H and O–H groups in total. The van der Waals surface area contributed by atoms with Crippen molar-refractivity contribution in [2.75, 3.05) is 13.2 Å². The number of fused-ring (bicyclic) bond motifs is 1. The average Bonchev–Trinajstić information content (AvgIpc) is 2.79. The Morgan fingerprint density at radius 3 is 2.72 bits per heavy atom. The molecule has 170 valence electrons. The monoisotopic (exact) mass is 433 g/mol. The first-order chi connectivity index (χ1) is 15.5. The van der Waals surface area contributed by atoms with E-state index in [9.17, 15) is 4.79 Å². The average molecular weight is 434 g/mol. The first-order valence-corrected chi connectivity index (χ1v) is 12.0. The molecule has 2 aromatic rings. The van der Waals surface area contributed by atoms with Crippen molar-refractivity contribution >= 4 is 17.4 Å². The second kappa shape index (κ2) is 10.2. The van der Waals surface area contributed by atoms with Gasteiger partial charge in [0.1, 0.15) is 11.6 Å². The van der Waals surface area contributed by atoms with Crippen molar-refractivity contribution in [3.05, 3.63) is 59.2 Å². The van der Waals surface area contributed by atoms with E-state index >= 15 is 0 Å². The van der Waals surface area contributed by atoms with Crippen LogP contribution in [0, 0.1) is 5.92 Å². The highest BCUT2D eigenvalue weighted by molar-refractivity contribution is 6.02. The van der Waals surface area contributed by atoms with Gasteiger partial charge < -0.3 is 15.0 Å². The van der Waals surface area contributed by atoms with Gasteiger partial charge in [0.15, 0.2) is 0 Å². The fourth-order valence-corrected chi connectivity index (χ4v) is 4.72. The third-order valence-corrected chi connectivity index (χ3v) is 6.26. The molecule has 1 fully saturated rings. The molecule has 0 unspecified atom stereocenters. The Balaban J connectivity index is 1.68. The van der Waals surface area contributed by atoms with Crippen LogP contribution in [0.1, 0.15) is 74.4 Å². The van der Waals surface area contributed by atoms with E-state index in [1.807, 2.05) is 45.0 Å². The van der Waals surface area contributed by atoms with Crippen LogP contribution in [0.15, 0.2) is 47.5 Å². The van der Waals surface area contributed by atoms with E-state index in [2.05, 4.69) is 28.4 Å². The van der Waals surface area contributed by atoms with Gasteiger partial charge in [-0.25, -0.2) is 4.99 Å². The molecule has 2 aliphatic rings. The van der Waals surface area contributed by atoms with Crippen LogP contribution in [0.3, 0.4) is 0 Å². The number of hydrogen-bond donors (Lipinski definition) is 1. The third-order valence-electron chi connectivity index (χ3n) is 6.26. The molecule has 5 heteroatoms. The number of carbonyl (C=O) groups is 1. The number of nitrogens with zero attached hydrogens (tertiary/aromatic N) is 2. The molecule has 0 spiro atoms. The lowest BCUT2D eigenvalue weighted by Gasteiger charge is -2.35. The number of ether oxygens (including phenoxy) is 1. The topological polar surface area (TPSA) is 53.9 Å². The van der Waals surface area contributed by atoms with Crippen molar-refractivity contribution in [1.82, 2.24) is 10.2 Å². The number of nitrogens with one attached hydrogen (secondary N) is 1. The standard InChI is InChI=1S/C27H35N3O2/c1-4-32-24-12-8-11-21(15-24)26-29-25-16-22(27(31)28-19(2)3)13-14-23(25)18-30(26)17-20-9-6-5-7-10-20/h8,11-16,19-20H,4-7,9-10,17-18H2,1-3H3,(H,28,31). The first kappa shape index (κ1) is 22.4. The van der Waals surface area contributed by atoms with E-state index in [0.717, 1.165) is 35.9 Å². The largest absolute Gasteiger partial charge is 0.494 e. The van der Waals surface area contributed by atoms with Crippen LogP contribution in [0.25, 0.3) is 0 Å². The van der Waals surface area contributed by atoms with Crippen molar-refractivity contribution in [3.63, 3.8) is 0 Å². The molecule has 0 atom stereocenters. The Bertz CT molecular complexity index is 977. The summed E-state index contributed by atoms with van der Waals surface area (Å²) in [5.41, 5.74) is 3.78. The predicted molar refractivity (Wildman–Crippen MR) is 130 cm³/mol. The summed E-state index contributed by atoms with van der Waals surface area (Å²) in [5.74, 6) is 2.50. The molecule has 32 heavy (non-hydrogen) atoms. The number of carbonyl (C=O) groups excluding carboxylic acids is 1. The van der Waals surface area contributed by atoms with Crippen molar-refractivity contribution in [1.29, 1.82) is 0 Å². The number of rotatable bonds is 7. The minimum Gasteiger partial charge on any atom is -0.494 e. The van der Waals surface area contributed by atoms with Gasteiger partial charge in [0, 0.05) is 30.3 Å². The smallest absolute Gasteiger partial charge is 0.251 e. The second-order valence-electron chi connectivity index (χ2n) is 9.25. The number of benzene rings is 2. The number of aliphatic imine (C=N–C) groups is 1. The van der Waals surface area contributed by atoms with Gasteiger partial charge >= 0.3 is 0 Å². The lowest BCUT2D eigenvalue weighted by atomic mass is 9.88. The summed E-state index contributed by atoms with van der Waals surface area (Å²) < 4.78 is 5.75. The SMILES string of the molecule is CCOc1cccc(C2=Nc3cc(C(=O)NC(C)C)ccc3CN2CC2CCCCC2)c1. The van der Waals surface area contributed by atoms with Crippen LogP contribution >= 0.6 is 0 Å². The second-order valence-corrected chi connectivity index (χ2v) is 9.25. The zero-order chi connectivity index (χ0) is 22.5. The van der Waals surface area contributed by atoms with Crippen molar-refractivity contribution in [2.45, 2.75) is 65.5 Å². The summed E-state index contributed by atoms with van der Waals surface area (Å²) in [4.78, 5) is 20.1. The van der Waals surface area contributed by atoms with E-state index in [1.54, 1.807) is 0 Å². The Labute approximate surface area is 191 Å². The third kappa shape index (κ3) is 5.32. The van der Waals surface area contributed by atoms with Gasteiger partial charge in [-0.05, 0) is 69.4 Å². The molecule has 1 amide bonds. The Morgan fingerprint density at radius 1 is 1.16 bits per heavy atom. The highest BCUT2D eigenvalue weighted by Crippen LogP contribution is 2.33. The summed E-state index contributed by atoms with van der Waals surface area (Å²) in [6.07, 6.45) is 6.61. The number of hydrogen-bond acceptors (Lipinski definition) is 4. The van der Waals surface area contributed by atoms with Crippen molar-refractivity contribution < 1.29 is 9.53 Å². The van der Waals surface area contributed by atoms with Crippen LogP contribution in [0.5, 0.6) is 5.75 Å². The quantitative estimate of drug-likeness (QED) is 0.610. The fourth-order valence-electron chi connectivity index (χ4n) is 4.72. The van der Waals surface area contributed by atoms with Crippen molar-refractivity contribution in [2.24, 2.45) is 10.9 Å². The maximum Gasteiger partial charge on any atom is 0.251 e. The lowest BCUT2D eigenvalue weighted by Crippen LogP contribution is -2.38. The van der Waals surface area contributed by atoms with Gasteiger partial charge in [-0.15, -0.1) is 0 Å². The number of amidine groups is 1. The van der Waals surface area contributed by atoms with E-state index in [-0.39, 0.29) is 11.9 Å². The Kier molecular flexibility index (Phi) is 7.13. The van der Waals surface area contributed by atoms with Crippen LogP contribution in [-0.4, -0.2) is 35.8 Å². The van der Waals surface area contributed by atoms with Gasteiger partial charge in [-0.3, -0.25) is 4.79 Å². The molecule has 0 aromatic heterocycles. The van der Waals surface area contributed by atoms with E-state index in [4.69, 9.17) is 9.73 Å². The minimum absolute atomic E-state index is 0.0532. The van der Waals surface area contributed by atoms with E-state index < -0.39 is 0 Å².